The standard InChI is InChI=1S/C14H17F2N3O2/c1-8-6-10(12(16)7-11(8)15)14(20)19-4-2-9(3-5-19)13(17)18-21/h6-7,9,21H,2-5H2,1H3,(H2,17,18). The highest BCUT2D eigenvalue weighted by atomic mass is 19.1. The van der Waals surface area contributed by atoms with Gasteiger partial charge >= 0.3 is 0 Å². The number of likely N-dealkylation sites (tertiary alicyclic amines) is 1. The van der Waals surface area contributed by atoms with Gasteiger partial charge in [-0.05, 0) is 31.4 Å². The van der Waals surface area contributed by atoms with Crippen LogP contribution in [0.4, 0.5) is 8.78 Å². The van der Waals surface area contributed by atoms with Crippen molar-refractivity contribution < 1.29 is 18.8 Å². The van der Waals surface area contributed by atoms with Gasteiger partial charge in [-0.1, -0.05) is 5.16 Å². The van der Waals surface area contributed by atoms with Crippen molar-refractivity contribution in [1.82, 2.24) is 4.90 Å². The number of carbonyl (C=O) groups excluding carboxylic acids is 1. The van der Waals surface area contributed by atoms with E-state index in [0.717, 1.165) is 6.07 Å². The van der Waals surface area contributed by atoms with Gasteiger partial charge in [-0.15, -0.1) is 0 Å². The van der Waals surface area contributed by atoms with E-state index in [0.29, 0.717) is 25.9 Å². The molecule has 1 aromatic carbocycles. The lowest BCUT2D eigenvalue weighted by molar-refractivity contribution is 0.0704. The summed E-state index contributed by atoms with van der Waals surface area (Å²) < 4.78 is 27.0. The summed E-state index contributed by atoms with van der Waals surface area (Å²) in [6.07, 6.45) is 1.09. The first-order valence-electron chi connectivity index (χ1n) is 6.66. The quantitative estimate of drug-likeness (QED) is 0.378. The molecule has 2 rings (SSSR count). The van der Waals surface area contributed by atoms with Crippen LogP contribution < -0.4 is 5.73 Å². The molecule has 0 aliphatic carbocycles. The Hall–Kier alpha value is -2.18. The second-order valence-electron chi connectivity index (χ2n) is 5.17. The molecule has 1 heterocycles. The van der Waals surface area contributed by atoms with E-state index in [1.807, 2.05) is 0 Å². The van der Waals surface area contributed by atoms with Crippen molar-refractivity contribution in [3.63, 3.8) is 0 Å². The van der Waals surface area contributed by atoms with E-state index in [2.05, 4.69) is 5.16 Å². The minimum Gasteiger partial charge on any atom is -0.409 e. The maximum absolute atomic E-state index is 13.7. The SMILES string of the molecule is Cc1cc(C(=O)N2CCC(/C(N)=N/O)CC2)c(F)cc1F. The maximum Gasteiger partial charge on any atom is 0.256 e. The molecule has 114 valence electrons. The van der Waals surface area contributed by atoms with Crippen LogP contribution in [0, 0.1) is 24.5 Å². The minimum absolute atomic E-state index is 0.0844. The van der Waals surface area contributed by atoms with Gasteiger partial charge in [-0.25, -0.2) is 8.78 Å². The van der Waals surface area contributed by atoms with Crippen LogP contribution in [0.25, 0.3) is 0 Å². The summed E-state index contributed by atoms with van der Waals surface area (Å²) in [7, 11) is 0. The monoisotopic (exact) mass is 297 g/mol. The largest absolute Gasteiger partial charge is 0.409 e. The van der Waals surface area contributed by atoms with Crippen LogP contribution in [0.15, 0.2) is 17.3 Å². The predicted molar refractivity (Wildman–Crippen MR) is 73.1 cm³/mol. The molecule has 3 N–H and O–H groups in total. The van der Waals surface area contributed by atoms with Gasteiger partial charge < -0.3 is 15.8 Å². The summed E-state index contributed by atoms with van der Waals surface area (Å²) in [5.41, 5.74) is 5.64. The normalized spacial score (nSPS) is 17.1. The van der Waals surface area contributed by atoms with Gasteiger partial charge in [-0.3, -0.25) is 4.79 Å². The zero-order valence-corrected chi connectivity index (χ0v) is 11.6. The zero-order chi connectivity index (χ0) is 15.6. The number of amidine groups is 1. The lowest BCUT2D eigenvalue weighted by Crippen LogP contribution is -2.42. The molecule has 0 radical (unpaired) electrons. The number of halogens is 2. The van der Waals surface area contributed by atoms with Gasteiger partial charge in [-0.2, -0.15) is 0 Å². The number of rotatable bonds is 2. The van der Waals surface area contributed by atoms with Crippen molar-refractivity contribution >= 4 is 11.7 Å². The average molecular weight is 297 g/mol. The number of hydrogen-bond acceptors (Lipinski definition) is 3. The Balaban J connectivity index is 2.11. The van der Waals surface area contributed by atoms with E-state index in [1.54, 1.807) is 0 Å². The van der Waals surface area contributed by atoms with E-state index >= 15 is 0 Å². The molecule has 0 saturated carbocycles. The molecule has 0 unspecified atom stereocenters. The molecule has 5 nitrogen and oxygen atoms in total. The van der Waals surface area contributed by atoms with Crippen LogP contribution in [0.3, 0.4) is 0 Å². The summed E-state index contributed by atoms with van der Waals surface area (Å²) in [5.74, 6) is -1.94. The summed E-state index contributed by atoms with van der Waals surface area (Å²) in [4.78, 5) is 13.8. The molecule has 0 atom stereocenters. The second-order valence-corrected chi connectivity index (χ2v) is 5.17. The number of nitrogens with two attached hydrogens (primary N) is 1. The third-order valence-electron chi connectivity index (χ3n) is 3.79. The van der Waals surface area contributed by atoms with Gasteiger partial charge in [0.25, 0.3) is 5.91 Å². The molecule has 7 heteroatoms. The first kappa shape index (κ1) is 15.2. The number of nitrogens with zero attached hydrogens (tertiary/aromatic N) is 2. The van der Waals surface area contributed by atoms with Crippen molar-refractivity contribution in [2.75, 3.05) is 13.1 Å². The molecule has 1 saturated heterocycles. The van der Waals surface area contributed by atoms with E-state index in [9.17, 15) is 13.6 Å². The van der Waals surface area contributed by atoms with Gasteiger partial charge in [0.15, 0.2) is 0 Å². The zero-order valence-electron chi connectivity index (χ0n) is 11.6. The molecular formula is C14H17F2N3O2. The van der Waals surface area contributed by atoms with Crippen LogP contribution in [0.1, 0.15) is 28.8 Å². The Morgan fingerprint density at radius 3 is 2.52 bits per heavy atom. The number of hydrogen-bond donors (Lipinski definition) is 2. The van der Waals surface area contributed by atoms with Crippen LogP contribution >= 0.6 is 0 Å². The molecule has 0 bridgehead atoms. The molecule has 1 fully saturated rings. The summed E-state index contributed by atoms with van der Waals surface area (Å²) in [6, 6.07) is 1.95. The molecule has 0 aromatic heterocycles. The topological polar surface area (TPSA) is 78.9 Å². The lowest BCUT2D eigenvalue weighted by Gasteiger charge is -2.31. The van der Waals surface area contributed by atoms with Crippen LogP contribution in [-0.2, 0) is 0 Å². The van der Waals surface area contributed by atoms with Gasteiger partial charge in [0.2, 0.25) is 0 Å². The first-order valence-corrected chi connectivity index (χ1v) is 6.66. The minimum atomic E-state index is -0.860. The Bertz CT molecular complexity index is 582. The summed E-state index contributed by atoms with van der Waals surface area (Å²) >= 11 is 0. The molecule has 1 amide bonds. The smallest absolute Gasteiger partial charge is 0.256 e. The number of carbonyl (C=O) groups is 1. The van der Waals surface area contributed by atoms with E-state index in [-0.39, 0.29) is 22.9 Å². The van der Waals surface area contributed by atoms with Gasteiger partial charge in [0.05, 0.1) is 5.56 Å². The molecule has 1 aliphatic heterocycles. The van der Waals surface area contributed by atoms with Crippen molar-refractivity contribution in [3.05, 3.63) is 34.9 Å². The fourth-order valence-electron chi connectivity index (χ4n) is 2.45. The number of aryl methyl sites for hydroxylation is 1. The second kappa shape index (κ2) is 6.07. The Morgan fingerprint density at radius 1 is 1.33 bits per heavy atom. The number of amides is 1. The maximum atomic E-state index is 13.7. The molecular weight excluding hydrogens is 280 g/mol. The van der Waals surface area contributed by atoms with E-state index in [4.69, 9.17) is 10.9 Å². The summed E-state index contributed by atoms with van der Waals surface area (Å²) in [6.45, 7) is 2.25. The van der Waals surface area contributed by atoms with E-state index < -0.39 is 17.5 Å². The Kier molecular flexibility index (Phi) is 4.40. The number of piperidine rings is 1. The van der Waals surface area contributed by atoms with Crippen LogP contribution in [-0.4, -0.2) is 34.9 Å². The number of oxime groups is 1. The lowest BCUT2D eigenvalue weighted by atomic mass is 9.95. The third kappa shape index (κ3) is 3.12. The highest BCUT2D eigenvalue weighted by molar-refractivity contribution is 5.95. The molecule has 21 heavy (non-hydrogen) atoms. The Morgan fingerprint density at radius 2 is 1.95 bits per heavy atom. The first-order chi connectivity index (χ1) is 9.93. The molecule has 0 spiro atoms. The molecule has 1 aliphatic rings. The highest BCUT2D eigenvalue weighted by Gasteiger charge is 2.27. The summed E-state index contributed by atoms with van der Waals surface area (Å²) in [5, 5.41) is 11.6. The van der Waals surface area contributed by atoms with Gasteiger partial charge in [0.1, 0.15) is 17.5 Å². The fourth-order valence-corrected chi connectivity index (χ4v) is 2.45. The van der Waals surface area contributed by atoms with Gasteiger partial charge in [0, 0.05) is 25.1 Å². The van der Waals surface area contributed by atoms with Crippen molar-refractivity contribution in [3.8, 4) is 0 Å². The average Bonchev–Trinajstić information content (AvgIpc) is 2.49. The van der Waals surface area contributed by atoms with Crippen LogP contribution in [0.2, 0.25) is 0 Å². The van der Waals surface area contributed by atoms with Crippen molar-refractivity contribution in [2.24, 2.45) is 16.8 Å². The third-order valence-corrected chi connectivity index (χ3v) is 3.79. The van der Waals surface area contributed by atoms with E-state index in [1.165, 1.54) is 17.9 Å². The van der Waals surface area contributed by atoms with Crippen LogP contribution in [0.5, 0.6) is 0 Å². The molecule has 1 aromatic rings. The van der Waals surface area contributed by atoms with Crippen molar-refractivity contribution in [2.45, 2.75) is 19.8 Å². The fraction of sp³-hybridized carbons (Fsp3) is 0.429. The number of benzene rings is 1. The predicted octanol–water partition coefficient (Wildman–Crippen LogP) is 1.87. The Labute approximate surface area is 121 Å². The van der Waals surface area contributed by atoms with Crippen molar-refractivity contribution in [1.29, 1.82) is 0 Å². The highest BCUT2D eigenvalue weighted by Crippen LogP contribution is 2.21.